The number of hydrogen-bond donors (Lipinski definition) is 0. The molecule has 0 aliphatic carbocycles. The van der Waals surface area contributed by atoms with Gasteiger partial charge >= 0.3 is 0 Å². The van der Waals surface area contributed by atoms with Crippen molar-refractivity contribution in [2.75, 3.05) is 0 Å². The van der Waals surface area contributed by atoms with Gasteiger partial charge in [-0.25, -0.2) is 0 Å². The van der Waals surface area contributed by atoms with Gasteiger partial charge in [0.05, 0.1) is 0 Å². The molecule has 0 saturated heterocycles. The van der Waals surface area contributed by atoms with Gasteiger partial charge in [-0.3, -0.25) is 0 Å². The highest BCUT2D eigenvalue weighted by Crippen LogP contribution is 2.28. The summed E-state index contributed by atoms with van der Waals surface area (Å²) in [5.74, 6) is 0. The van der Waals surface area contributed by atoms with Crippen LogP contribution in [0.3, 0.4) is 0 Å². The summed E-state index contributed by atoms with van der Waals surface area (Å²) in [6.45, 7) is 7.81. The van der Waals surface area contributed by atoms with E-state index >= 15 is 0 Å². The van der Waals surface area contributed by atoms with Crippen LogP contribution in [0.1, 0.15) is 19.4 Å². The van der Waals surface area contributed by atoms with Gasteiger partial charge in [-0.2, -0.15) is 0 Å². The highest BCUT2D eigenvalue weighted by atomic mass is 32.1. The molecule has 0 aliphatic rings. The molecule has 0 radical (unpaired) electrons. The van der Waals surface area contributed by atoms with Crippen LogP contribution in [0.25, 0.3) is 16.5 Å². The molecule has 0 atom stereocenters. The van der Waals surface area contributed by atoms with Gasteiger partial charge in [0.1, 0.15) is 0 Å². The molecule has 0 amide bonds. The monoisotopic (exact) mass is 216 g/mol. The molecule has 0 aliphatic heterocycles. The summed E-state index contributed by atoms with van der Waals surface area (Å²) in [5, 5.41) is 2.09. The Morgan fingerprint density at radius 3 is 2.40 bits per heavy atom. The molecule has 0 fully saturated rings. The average molecular weight is 216 g/mol. The van der Waals surface area contributed by atoms with Gasteiger partial charge in [0.2, 0.25) is 0 Å². The Morgan fingerprint density at radius 2 is 1.80 bits per heavy atom. The number of rotatable bonds is 2. The smallest absolute Gasteiger partial charge is 0.0348 e. The Labute approximate surface area is 95.9 Å². The first-order valence-corrected chi connectivity index (χ1v) is 6.05. The second-order valence-corrected chi connectivity index (χ2v) is 3.72. The van der Waals surface area contributed by atoms with Crippen LogP contribution in [0.4, 0.5) is 0 Å². The van der Waals surface area contributed by atoms with Gasteiger partial charge in [0.25, 0.3) is 0 Å². The molecule has 15 heavy (non-hydrogen) atoms. The molecule has 2 rings (SSSR count). The van der Waals surface area contributed by atoms with E-state index in [1.54, 1.807) is 11.3 Å². The molecular formula is C14H16S. The summed E-state index contributed by atoms with van der Waals surface area (Å²) in [4.78, 5) is 1.30. The van der Waals surface area contributed by atoms with E-state index in [2.05, 4.69) is 42.3 Å². The Hall–Kier alpha value is -1.34. The molecule has 0 bridgehead atoms. The molecule has 0 saturated carbocycles. The van der Waals surface area contributed by atoms with Crippen LogP contribution in [-0.2, 0) is 0 Å². The highest BCUT2D eigenvalue weighted by molar-refractivity contribution is 7.13. The van der Waals surface area contributed by atoms with Crippen molar-refractivity contribution < 1.29 is 0 Å². The first kappa shape index (κ1) is 11.7. The largest absolute Gasteiger partial charge is 0.144 e. The second kappa shape index (κ2) is 6.20. The third-order valence-electron chi connectivity index (χ3n) is 1.97. The minimum Gasteiger partial charge on any atom is -0.144 e. The van der Waals surface area contributed by atoms with Crippen LogP contribution in [0.15, 0.2) is 48.4 Å². The molecule has 1 aromatic carbocycles. The third kappa shape index (κ3) is 2.80. The van der Waals surface area contributed by atoms with Crippen molar-refractivity contribution in [2.24, 2.45) is 0 Å². The zero-order chi connectivity index (χ0) is 11.1. The Morgan fingerprint density at radius 1 is 1.07 bits per heavy atom. The predicted molar refractivity (Wildman–Crippen MR) is 71.2 cm³/mol. The molecule has 1 heterocycles. The second-order valence-electron chi connectivity index (χ2n) is 2.77. The molecule has 0 N–H and O–H groups in total. The summed E-state index contributed by atoms with van der Waals surface area (Å²) in [5.41, 5.74) is 2.47. The van der Waals surface area contributed by atoms with Gasteiger partial charge in [-0.15, -0.1) is 11.3 Å². The maximum atomic E-state index is 3.81. The fraction of sp³-hybridized carbons (Fsp3) is 0.143. The maximum Gasteiger partial charge on any atom is 0.0348 e. The summed E-state index contributed by atoms with van der Waals surface area (Å²) >= 11 is 1.76. The Balaban J connectivity index is 0.000000531. The number of hydrogen-bond acceptors (Lipinski definition) is 1. The van der Waals surface area contributed by atoms with Gasteiger partial charge < -0.3 is 0 Å². The fourth-order valence-electron chi connectivity index (χ4n) is 1.33. The molecule has 1 heteroatoms. The van der Waals surface area contributed by atoms with E-state index in [-0.39, 0.29) is 0 Å². The third-order valence-corrected chi connectivity index (χ3v) is 2.87. The summed E-state index contributed by atoms with van der Waals surface area (Å²) in [6.07, 6.45) is 1.90. The molecule has 0 nitrogen and oxygen atoms in total. The maximum absolute atomic E-state index is 3.81. The van der Waals surface area contributed by atoms with Gasteiger partial charge in [0.15, 0.2) is 0 Å². The van der Waals surface area contributed by atoms with Crippen molar-refractivity contribution in [3.8, 4) is 10.4 Å². The van der Waals surface area contributed by atoms with E-state index in [0.29, 0.717) is 0 Å². The van der Waals surface area contributed by atoms with E-state index in [4.69, 9.17) is 0 Å². The summed E-state index contributed by atoms with van der Waals surface area (Å²) in [7, 11) is 0. The summed E-state index contributed by atoms with van der Waals surface area (Å²) < 4.78 is 0. The fourth-order valence-corrected chi connectivity index (χ4v) is 2.10. The summed E-state index contributed by atoms with van der Waals surface area (Å²) in [6, 6.07) is 12.5. The van der Waals surface area contributed by atoms with E-state index in [1.165, 1.54) is 16.0 Å². The number of thiophene rings is 1. The van der Waals surface area contributed by atoms with Crippen LogP contribution in [-0.4, -0.2) is 0 Å². The normalized spacial score (nSPS) is 8.93. The first-order chi connectivity index (χ1) is 7.42. The van der Waals surface area contributed by atoms with Crippen LogP contribution < -0.4 is 0 Å². The van der Waals surface area contributed by atoms with Crippen molar-refractivity contribution >= 4 is 17.4 Å². The van der Waals surface area contributed by atoms with Gasteiger partial charge in [-0.05, 0) is 22.6 Å². The Bertz CT molecular complexity index is 399. The number of benzene rings is 1. The first-order valence-electron chi connectivity index (χ1n) is 5.17. The van der Waals surface area contributed by atoms with E-state index in [1.807, 2.05) is 26.0 Å². The lowest BCUT2D eigenvalue weighted by Crippen LogP contribution is -1.77. The van der Waals surface area contributed by atoms with Crippen molar-refractivity contribution in [2.45, 2.75) is 13.8 Å². The quantitative estimate of drug-likeness (QED) is 0.656. The van der Waals surface area contributed by atoms with Gasteiger partial charge in [0, 0.05) is 4.88 Å². The standard InChI is InChI=1S/C12H10S.C2H6/c1-2-10-6-3-4-7-11(10)12-8-5-9-13-12;1-2/h2-9H,1H2;1-2H3. The lowest BCUT2D eigenvalue weighted by atomic mass is 10.1. The van der Waals surface area contributed by atoms with Crippen LogP contribution in [0.2, 0.25) is 0 Å². The van der Waals surface area contributed by atoms with Crippen LogP contribution >= 0.6 is 11.3 Å². The van der Waals surface area contributed by atoms with E-state index < -0.39 is 0 Å². The molecule has 2 aromatic rings. The molecular weight excluding hydrogens is 200 g/mol. The molecule has 1 aromatic heterocycles. The van der Waals surface area contributed by atoms with Crippen molar-refractivity contribution in [1.82, 2.24) is 0 Å². The predicted octanol–water partition coefficient (Wildman–Crippen LogP) is 5.08. The van der Waals surface area contributed by atoms with E-state index in [9.17, 15) is 0 Å². The zero-order valence-corrected chi connectivity index (χ0v) is 10.1. The minimum atomic E-state index is 1.20. The average Bonchev–Trinajstić information content (AvgIpc) is 2.85. The SMILES string of the molecule is C=Cc1ccccc1-c1cccs1.CC. The van der Waals surface area contributed by atoms with Crippen LogP contribution in [0.5, 0.6) is 0 Å². The lowest BCUT2D eigenvalue weighted by molar-refractivity contribution is 1.50. The molecule has 78 valence electrons. The van der Waals surface area contributed by atoms with Crippen molar-refractivity contribution in [3.05, 3.63) is 53.9 Å². The topological polar surface area (TPSA) is 0 Å². The van der Waals surface area contributed by atoms with E-state index in [0.717, 1.165) is 0 Å². The van der Waals surface area contributed by atoms with Crippen molar-refractivity contribution in [1.29, 1.82) is 0 Å². The zero-order valence-electron chi connectivity index (χ0n) is 9.23. The highest BCUT2D eigenvalue weighted by Gasteiger charge is 2.01. The van der Waals surface area contributed by atoms with Gasteiger partial charge in [-0.1, -0.05) is 56.8 Å². The lowest BCUT2D eigenvalue weighted by Gasteiger charge is -2.01. The Kier molecular flexibility index (Phi) is 4.85. The van der Waals surface area contributed by atoms with Crippen molar-refractivity contribution in [3.63, 3.8) is 0 Å². The molecule has 0 spiro atoms. The molecule has 0 unspecified atom stereocenters. The van der Waals surface area contributed by atoms with Crippen LogP contribution in [0, 0.1) is 0 Å². The minimum absolute atomic E-state index is 1.20.